The summed E-state index contributed by atoms with van der Waals surface area (Å²) >= 11 is 0. The van der Waals surface area contributed by atoms with Gasteiger partial charge < -0.3 is 10.2 Å². The van der Waals surface area contributed by atoms with Gasteiger partial charge in [0.15, 0.2) is 0 Å². The zero-order valence-corrected chi connectivity index (χ0v) is 12.3. The number of carbonyl (C=O) groups is 1. The molecule has 1 aliphatic rings. The van der Waals surface area contributed by atoms with Gasteiger partial charge in [0.1, 0.15) is 0 Å². The van der Waals surface area contributed by atoms with Crippen LogP contribution in [0.5, 0.6) is 0 Å². The van der Waals surface area contributed by atoms with E-state index in [2.05, 4.69) is 25.2 Å². The Balaban J connectivity index is 2.34. The molecule has 19 heavy (non-hydrogen) atoms. The van der Waals surface area contributed by atoms with E-state index < -0.39 is 20.0 Å². The Morgan fingerprint density at radius 1 is 1.32 bits per heavy atom. The van der Waals surface area contributed by atoms with E-state index in [1.807, 2.05) is 24.3 Å². The van der Waals surface area contributed by atoms with Gasteiger partial charge in [0.25, 0.3) is 0 Å². The minimum atomic E-state index is -1.87. The highest BCUT2D eigenvalue weighted by molar-refractivity contribution is 6.91. The smallest absolute Gasteiger partial charge is 0.310 e. The maximum absolute atomic E-state index is 11.5. The number of aliphatic hydroxyl groups excluding tert-OH is 1. The van der Waals surface area contributed by atoms with Gasteiger partial charge in [-0.15, -0.1) is 0 Å². The SMILES string of the molecule is C[Si](C)(c1ccccc1)C1CC=C(CO)C1C(=O)O. The van der Waals surface area contributed by atoms with Crippen LogP contribution in [0.25, 0.3) is 0 Å². The Hall–Kier alpha value is -1.39. The van der Waals surface area contributed by atoms with Gasteiger partial charge in [0.2, 0.25) is 0 Å². The Labute approximate surface area is 114 Å². The lowest BCUT2D eigenvalue weighted by Gasteiger charge is -2.33. The molecule has 0 aliphatic heterocycles. The van der Waals surface area contributed by atoms with Gasteiger partial charge >= 0.3 is 5.97 Å². The van der Waals surface area contributed by atoms with Crippen LogP contribution in [0.1, 0.15) is 6.42 Å². The van der Waals surface area contributed by atoms with Crippen molar-refractivity contribution in [2.24, 2.45) is 5.92 Å². The highest BCUT2D eigenvalue weighted by atomic mass is 28.3. The standard InChI is InChI=1S/C15H20O3Si/c1-19(2,12-6-4-3-5-7-12)13-9-8-11(10-16)14(13)15(17)18/h3-8,13-14,16H,9-10H2,1-2H3,(H,17,18). The number of benzene rings is 1. The first-order chi connectivity index (χ1) is 8.98. The Morgan fingerprint density at radius 2 is 1.95 bits per heavy atom. The Bertz CT molecular complexity index is 493. The van der Waals surface area contributed by atoms with Crippen molar-refractivity contribution in [3.05, 3.63) is 42.0 Å². The molecule has 0 heterocycles. The molecule has 0 spiro atoms. The largest absolute Gasteiger partial charge is 0.481 e. The van der Waals surface area contributed by atoms with Crippen molar-refractivity contribution in [1.82, 2.24) is 0 Å². The number of allylic oxidation sites excluding steroid dienone is 1. The van der Waals surface area contributed by atoms with Gasteiger partial charge in [-0.25, -0.2) is 0 Å². The molecule has 0 amide bonds. The molecule has 0 radical (unpaired) electrons. The molecular weight excluding hydrogens is 256 g/mol. The summed E-state index contributed by atoms with van der Waals surface area (Å²) in [5.74, 6) is -1.33. The summed E-state index contributed by atoms with van der Waals surface area (Å²) in [6, 6.07) is 10.2. The maximum Gasteiger partial charge on any atom is 0.310 e. The first-order valence-electron chi connectivity index (χ1n) is 6.56. The number of carboxylic acids is 1. The summed E-state index contributed by atoms with van der Waals surface area (Å²) in [4.78, 5) is 11.5. The van der Waals surface area contributed by atoms with Gasteiger partial charge in [0.05, 0.1) is 20.6 Å². The van der Waals surface area contributed by atoms with E-state index in [4.69, 9.17) is 0 Å². The summed E-state index contributed by atoms with van der Waals surface area (Å²) in [6.45, 7) is 4.29. The van der Waals surface area contributed by atoms with Crippen molar-refractivity contribution in [3.8, 4) is 0 Å². The highest BCUT2D eigenvalue weighted by Gasteiger charge is 2.45. The number of rotatable bonds is 4. The third kappa shape index (κ3) is 2.51. The second-order valence-electron chi connectivity index (χ2n) is 5.68. The number of aliphatic hydroxyl groups is 1. The van der Waals surface area contributed by atoms with Gasteiger partial charge in [-0.2, -0.15) is 0 Å². The molecule has 2 rings (SSSR count). The van der Waals surface area contributed by atoms with E-state index in [1.54, 1.807) is 0 Å². The second kappa shape index (κ2) is 5.31. The van der Waals surface area contributed by atoms with E-state index in [0.717, 1.165) is 6.42 Å². The first-order valence-corrected chi connectivity index (χ1v) is 9.64. The molecule has 1 aromatic rings. The van der Waals surface area contributed by atoms with Crippen LogP contribution < -0.4 is 5.19 Å². The number of hydrogen-bond donors (Lipinski definition) is 2. The number of aliphatic carboxylic acids is 1. The van der Waals surface area contributed by atoms with E-state index in [9.17, 15) is 15.0 Å². The summed E-state index contributed by atoms with van der Waals surface area (Å²) in [5, 5.41) is 20.1. The molecule has 0 aromatic heterocycles. The predicted molar refractivity (Wildman–Crippen MR) is 78.2 cm³/mol. The van der Waals surface area contributed by atoms with Gasteiger partial charge in [-0.3, -0.25) is 4.79 Å². The summed E-state index contributed by atoms with van der Waals surface area (Å²) < 4.78 is 0. The van der Waals surface area contributed by atoms with Gasteiger partial charge in [0, 0.05) is 0 Å². The Kier molecular flexibility index (Phi) is 3.92. The fourth-order valence-corrected chi connectivity index (χ4v) is 6.46. The molecule has 1 aromatic carbocycles. The van der Waals surface area contributed by atoms with Crippen LogP contribution in [0.2, 0.25) is 18.6 Å². The molecule has 2 unspecified atom stereocenters. The van der Waals surface area contributed by atoms with E-state index >= 15 is 0 Å². The lowest BCUT2D eigenvalue weighted by Crippen LogP contribution is -2.48. The van der Waals surface area contributed by atoms with Crippen molar-refractivity contribution >= 4 is 19.2 Å². The number of carboxylic acid groups (broad SMARTS) is 1. The molecule has 1 aliphatic carbocycles. The van der Waals surface area contributed by atoms with E-state index in [0.29, 0.717) is 5.57 Å². The van der Waals surface area contributed by atoms with Crippen molar-refractivity contribution < 1.29 is 15.0 Å². The van der Waals surface area contributed by atoms with Crippen LogP contribution in [-0.2, 0) is 4.79 Å². The average molecular weight is 276 g/mol. The first kappa shape index (κ1) is 14.0. The monoisotopic (exact) mass is 276 g/mol. The molecule has 0 saturated carbocycles. The minimum Gasteiger partial charge on any atom is -0.481 e. The predicted octanol–water partition coefficient (Wildman–Crippen LogP) is 2.00. The average Bonchev–Trinajstić information content (AvgIpc) is 2.84. The highest BCUT2D eigenvalue weighted by Crippen LogP contribution is 2.43. The third-order valence-electron chi connectivity index (χ3n) is 4.33. The Morgan fingerprint density at radius 3 is 2.47 bits per heavy atom. The summed E-state index contributed by atoms with van der Waals surface area (Å²) in [6.07, 6.45) is 2.68. The lowest BCUT2D eigenvalue weighted by molar-refractivity contribution is -0.140. The molecule has 0 fully saturated rings. The second-order valence-corrected chi connectivity index (χ2v) is 10.4. The third-order valence-corrected chi connectivity index (χ3v) is 8.57. The summed E-state index contributed by atoms with van der Waals surface area (Å²) in [5.41, 5.74) is 0.795. The zero-order valence-electron chi connectivity index (χ0n) is 11.3. The van der Waals surface area contributed by atoms with Crippen molar-refractivity contribution in [3.63, 3.8) is 0 Å². The van der Waals surface area contributed by atoms with Crippen LogP contribution >= 0.6 is 0 Å². The molecule has 2 atom stereocenters. The minimum absolute atomic E-state index is 0.120. The molecule has 4 heteroatoms. The quantitative estimate of drug-likeness (QED) is 0.653. The number of hydrogen-bond acceptors (Lipinski definition) is 2. The van der Waals surface area contributed by atoms with Crippen molar-refractivity contribution in [1.29, 1.82) is 0 Å². The fraction of sp³-hybridized carbons (Fsp3) is 0.400. The van der Waals surface area contributed by atoms with Gasteiger partial charge in [-0.1, -0.05) is 54.7 Å². The topological polar surface area (TPSA) is 57.5 Å². The van der Waals surface area contributed by atoms with E-state index in [-0.39, 0.29) is 12.1 Å². The fourth-order valence-electron chi connectivity index (χ4n) is 3.09. The van der Waals surface area contributed by atoms with Gasteiger partial charge in [-0.05, 0) is 17.5 Å². The van der Waals surface area contributed by atoms with Crippen molar-refractivity contribution in [2.75, 3.05) is 6.61 Å². The normalized spacial score (nSPS) is 23.2. The zero-order chi connectivity index (χ0) is 14.0. The molecule has 102 valence electrons. The van der Waals surface area contributed by atoms with Crippen LogP contribution in [0.15, 0.2) is 42.0 Å². The van der Waals surface area contributed by atoms with Crippen LogP contribution in [0.3, 0.4) is 0 Å². The molecule has 0 saturated heterocycles. The van der Waals surface area contributed by atoms with E-state index in [1.165, 1.54) is 5.19 Å². The van der Waals surface area contributed by atoms with Crippen LogP contribution in [0, 0.1) is 5.92 Å². The molecule has 2 N–H and O–H groups in total. The summed E-state index contributed by atoms with van der Waals surface area (Å²) in [7, 11) is -1.87. The van der Waals surface area contributed by atoms with Crippen LogP contribution in [0.4, 0.5) is 0 Å². The molecular formula is C15H20O3Si. The maximum atomic E-state index is 11.5. The molecule has 0 bridgehead atoms. The lowest BCUT2D eigenvalue weighted by atomic mass is 10.0. The van der Waals surface area contributed by atoms with Crippen molar-refractivity contribution in [2.45, 2.75) is 25.1 Å². The van der Waals surface area contributed by atoms with Crippen LogP contribution in [-0.4, -0.2) is 30.9 Å². The molecule has 3 nitrogen and oxygen atoms in total.